The first-order valence-electron chi connectivity index (χ1n) is 8.33. The van der Waals surface area contributed by atoms with Crippen LogP contribution in [0.5, 0.6) is 0 Å². The summed E-state index contributed by atoms with van der Waals surface area (Å²) in [4.78, 5) is 7.41. The number of aromatic amines is 1. The number of pyridine rings is 1. The molecular weight excluding hydrogens is 304 g/mol. The fourth-order valence-electron chi connectivity index (χ4n) is 2.97. The molecule has 0 spiro atoms. The van der Waals surface area contributed by atoms with E-state index in [1.54, 1.807) is 0 Å². The summed E-state index contributed by atoms with van der Waals surface area (Å²) in [7, 11) is 0. The lowest BCUT2D eigenvalue weighted by Gasteiger charge is -2.02. The summed E-state index contributed by atoms with van der Waals surface area (Å²) in [5.74, 6) is 0. The second kappa shape index (κ2) is 7.02. The van der Waals surface area contributed by atoms with Crippen LogP contribution in [0.25, 0.3) is 32.9 Å². The van der Waals surface area contributed by atoms with Crippen molar-refractivity contribution in [1.29, 1.82) is 0 Å². The Labute approximate surface area is 146 Å². The van der Waals surface area contributed by atoms with Gasteiger partial charge in [0, 0.05) is 28.7 Å². The Morgan fingerprint density at radius 1 is 0.640 bits per heavy atom. The number of benzene rings is 3. The van der Waals surface area contributed by atoms with Gasteiger partial charge in [0.2, 0.25) is 0 Å². The predicted molar refractivity (Wildman–Crippen MR) is 105 cm³/mol. The Kier molecular flexibility index (Phi) is 4.25. The monoisotopic (exact) mass is 322 g/mol. The van der Waals surface area contributed by atoms with Gasteiger partial charge in [0.15, 0.2) is 0 Å². The van der Waals surface area contributed by atoms with Crippen LogP contribution in [0.3, 0.4) is 0 Å². The lowest BCUT2D eigenvalue weighted by molar-refractivity contribution is 1.41. The fraction of sp³-hybridized carbons (Fsp3) is 0. The van der Waals surface area contributed by atoms with Crippen molar-refractivity contribution >= 4 is 21.8 Å². The molecule has 2 heterocycles. The standard InChI is InChI=1S/C14H11N.C9H7N/c1-2-5-11(6-3-1)12-7-4-8-14-13(12)9-10-15-14;1-2-6-9-8(4-1)5-3-7-10-9/h1-10,15H;1-7H. The molecule has 2 nitrogen and oxygen atoms in total. The summed E-state index contributed by atoms with van der Waals surface area (Å²) in [6.45, 7) is 0. The molecule has 0 aliphatic heterocycles. The van der Waals surface area contributed by atoms with Crippen molar-refractivity contribution in [3.05, 3.63) is 103 Å². The molecule has 25 heavy (non-hydrogen) atoms. The molecule has 0 bridgehead atoms. The van der Waals surface area contributed by atoms with E-state index in [9.17, 15) is 0 Å². The van der Waals surface area contributed by atoms with Crippen molar-refractivity contribution in [2.24, 2.45) is 0 Å². The number of hydrogen-bond donors (Lipinski definition) is 1. The quantitative estimate of drug-likeness (QED) is 0.398. The minimum atomic E-state index is 1.06. The second-order valence-corrected chi connectivity index (χ2v) is 5.81. The van der Waals surface area contributed by atoms with Gasteiger partial charge in [0.25, 0.3) is 0 Å². The zero-order valence-electron chi connectivity index (χ0n) is 13.8. The number of para-hydroxylation sites is 1. The van der Waals surface area contributed by atoms with E-state index < -0.39 is 0 Å². The first-order chi connectivity index (χ1) is 12.4. The number of nitrogens with one attached hydrogen (secondary N) is 1. The normalized spacial score (nSPS) is 10.4. The Bertz CT molecular complexity index is 1030. The van der Waals surface area contributed by atoms with Crippen molar-refractivity contribution in [3.63, 3.8) is 0 Å². The molecule has 0 saturated carbocycles. The molecule has 0 unspecified atom stereocenters. The van der Waals surface area contributed by atoms with Gasteiger partial charge in [-0.15, -0.1) is 0 Å². The third-order valence-corrected chi connectivity index (χ3v) is 4.19. The highest BCUT2D eigenvalue weighted by molar-refractivity contribution is 5.94. The van der Waals surface area contributed by atoms with E-state index >= 15 is 0 Å². The summed E-state index contributed by atoms with van der Waals surface area (Å²) in [6, 6.07) is 31.0. The number of nitrogens with zero attached hydrogens (tertiary/aromatic N) is 1. The largest absolute Gasteiger partial charge is 0.361 e. The van der Waals surface area contributed by atoms with Gasteiger partial charge in [-0.25, -0.2) is 0 Å². The van der Waals surface area contributed by atoms with Crippen LogP contribution in [-0.2, 0) is 0 Å². The third-order valence-electron chi connectivity index (χ3n) is 4.19. The summed E-state index contributed by atoms with van der Waals surface area (Å²) in [6.07, 6.45) is 3.79. The lowest BCUT2D eigenvalue weighted by Crippen LogP contribution is -1.77. The van der Waals surface area contributed by atoms with Crippen LogP contribution < -0.4 is 0 Å². The topological polar surface area (TPSA) is 28.7 Å². The highest BCUT2D eigenvalue weighted by Gasteiger charge is 2.02. The van der Waals surface area contributed by atoms with Crippen molar-refractivity contribution in [3.8, 4) is 11.1 Å². The summed E-state index contributed by atoms with van der Waals surface area (Å²) in [5, 5.41) is 2.48. The SMILES string of the molecule is c1ccc(-c2cccc3[nH]ccc23)cc1.c1ccc2ncccc2c1. The number of rotatable bonds is 1. The molecule has 0 aliphatic rings. The van der Waals surface area contributed by atoms with Gasteiger partial charge in [0.1, 0.15) is 0 Å². The van der Waals surface area contributed by atoms with Crippen LogP contribution in [0, 0.1) is 0 Å². The molecule has 1 N–H and O–H groups in total. The molecule has 0 fully saturated rings. The van der Waals surface area contributed by atoms with Gasteiger partial charge in [-0.1, -0.05) is 66.7 Å². The van der Waals surface area contributed by atoms with Crippen LogP contribution in [0.15, 0.2) is 103 Å². The van der Waals surface area contributed by atoms with Crippen LogP contribution in [0.2, 0.25) is 0 Å². The van der Waals surface area contributed by atoms with Gasteiger partial charge in [0.05, 0.1) is 5.52 Å². The smallest absolute Gasteiger partial charge is 0.0701 e. The van der Waals surface area contributed by atoms with E-state index in [1.165, 1.54) is 27.4 Å². The zero-order valence-corrected chi connectivity index (χ0v) is 13.8. The van der Waals surface area contributed by atoms with E-state index in [4.69, 9.17) is 0 Å². The summed E-state index contributed by atoms with van der Waals surface area (Å²) in [5.41, 5.74) is 4.80. The molecule has 5 rings (SSSR count). The lowest BCUT2D eigenvalue weighted by atomic mass is 10.0. The van der Waals surface area contributed by atoms with Gasteiger partial charge < -0.3 is 4.98 Å². The van der Waals surface area contributed by atoms with Crippen LogP contribution >= 0.6 is 0 Å². The Hall–Kier alpha value is -3.39. The maximum Gasteiger partial charge on any atom is 0.0701 e. The van der Waals surface area contributed by atoms with Crippen molar-refractivity contribution < 1.29 is 0 Å². The predicted octanol–water partition coefficient (Wildman–Crippen LogP) is 6.07. The van der Waals surface area contributed by atoms with E-state index in [1.807, 2.05) is 42.7 Å². The fourth-order valence-corrected chi connectivity index (χ4v) is 2.97. The molecular formula is C23H18N2. The Morgan fingerprint density at radius 2 is 1.44 bits per heavy atom. The van der Waals surface area contributed by atoms with Crippen LogP contribution in [-0.4, -0.2) is 9.97 Å². The van der Waals surface area contributed by atoms with E-state index in [2.05, 4.69) is 70.6 Å². The molecule has 2 heteroatoms. The number of aromatic nitrogens is 2. The first-order valence-corrected chi connectivity index (χ1v) is 8.33. The van der Waals surface area contributed by atoms with Gasteiger partial charge in [-0.2, -0.15) is 0 Å². The molecule has 5 aromatic rings. The second-order valence-electron chi connectivity index (χ2n) is 5.81. The van der Waals surface area contributed by atoms with Gasteiger partial charge in [-0.3, -0.25) is 4.98 Å². The Balaban J connectivity index is 0.000000136. The molecule has 0 atom stereocenters. The highest BCUT2D eigenvalue weighted by Crippen LogP contribution is 2.27. The minimum absolute atomic E-state index is 1.06. The van der Waals surface area contributed by atoms with E-state index in [0.717, 1.165) is 5.52 Å². The third kappa shape index (κ3) is 3.29. The molecule has 0 amide bonds. The summed E-state index contributed by atoms with van der Waals surface area (Å²) >= 11 is 0. The molecule has 3 aromatic carbocycles. The molecule has 2 aromatic heterocycles. The van der Waals surface area contributed by atoms with Gasteiger partial charge in [-0.05, 0) is 35.4 Å². The van der Waals surface area contributed by atoms with E-state index in [-0.39, 0.29) is 0 Å². The molecule has 120 valence electrons. The van der Waals surface area contributed by atoms with Crippen molar-refractivity contribution in [2.45, 2.75) is 0 Å². The van der Waals surface area contributed by atoms with Crippen molar-refractivity contribution in [2.75, 3.05) is 0 Å². The molecule has 0 radical (unpaired) electrons. The van der Waals surface area contributed by atoms with Gasteiger partial charge >= 0.3 is 0 Å². The summed E-state index contributed by atoms with van der Waals surface area (Å²) < 4.78 is 0. The highest BCUT2D eigenvalue weighted by atomic mass is 14.7. The first kappa shape index (κ1) is 15.2. The minimum Gasteiger partial charge on any atom is -0.361 e. The average Bonchev–Trinajstić information content (AvgIpc) is 3.18. The van der Waals surface area contributed by atoms with E-state index in [0.29, 0.717) is 0 Å². The maximum atomic E-state index is 4.18. The van der Waals surface area contributed by atoms with Crippen LogP contribution in [0.4, 0.5) is 0 Å². The molecule has 0 saturated heterocycles. The maximum absolute atomic E-state index is 4.18. The number of hydrogen-bond acceptors (Lipinski definition) is 1. The van der Waals surface area contributed by atoms with Crippen molar-refractivity contribution in [1.82, 2.24) is 9.97 Å². The Morgan fingerprint density at radius 3 is 2.32 bits per heavy atom. The molecule has 0 aliphatic carbocycles. The van der Waals surface area contributed by atoms with Crippen LogP contribution in [0.1, 0.15) is 0 Å². The average molecular weight is 322 g/mol. The number of H-pyrrole nitrogens is 1. The zero-order chi connectivity index (χ0) is 16.9. The number of fused-ring (bicyclic) bond motifs is 2.